The Labute approximate surface area is 139 Å². The number of esters is 2. The number of amides is 1. The normalized spacial score (nSPS) is 30.3. The van der Waals surface area contributed by atoms with Crippen LogP contribution in [0.25, 0.3) is 0 Å². The van der Waals surface area contributed by atoms with Crippen LogP contribution >= 0.6 is 0 Å². The number of nitrogens with zero attached hydrogens (tertiary/aromatic N) is 1. The summed E-state index contributed by atoms with van der Waals surface area (Å²) in [6, 6.07) is -1.49. The van der Waals surface area contributed by atoms with Gasteiger partial charge in [0.15, 0.2) is 21.3 Å². The second-order valence-corrected chi connectivity index (χ2v) is 9.98. The zero-order valence-corrected chi connectivity index (χ0v) is 14.8. The number of rotatable bonds is 3. The number of fused-ring (bicyclic) bond motifs is 1. The lowest BCUT2D eigenvalue weighted by Gasteiger charge is -2.38. The molecule has 2 fully saturated rings. The number of carbonyl (C=O) groups is 3. The molecule has 2 heterocycles. The Kier molecular flexibility index (Phi) is 4.19. The van der Waals surface area contributed by atoms with E-state index in [-0.39, 0.29) is 0 Å². The first-order valence-electron chi connectivity index (χ1n) is 7.28. The van der Waals surface area contributed by atoms with Crippen molar-refractivity contribution in [1.82, 2.24) is 4.90 Å². The maximum atomic E-state index is 13.6. The molecule has 2 rings (SSSR count). The van der Waals surface area contributed by atoms with E-state index in [1.807, 2.05) is 0 Å². The van der Waals surface area contributed by atoms with E-state index < -0.39 is 62.2 Å². The molecule has 0 unspecified atom stereocenters. The largest absolute Gasteiger partial charge is 0.427 e. The molecule has 0 aromatic heterocycles. The quantitative estimate of drug-likeness (QED) is 0.398. The van der Waals surface area contributed by atoms with Crippen molar-refractivity contribution in [2.75, 3.05) is 6.79 Å². The third kappa shape index (κ3) is 2.47. The van der Waals surface area contributed by atoms with E-state index in [1.54, 1.807) is 20.8 Å². The average Bonchev–Trinajstić information content (AvgIpc) is 2.58. The number of hydrogen-bond acceptors (Lipinski definition) is 7. The molecule has 10 heteroatoms. The van der Waals surface area contributed by atoms with Gasteiger partial charge in [-0.1, -0.05) is 0 Å². The van der Waals surface area contributed by atoms with Crippen molar-refractivity contribution in [3.63, 3.8) is 0 Å². The van der Waals surface area contributed by atoms with Gasteiger partial charge in [-0.05, 0) is 34.6 Å². The zero-order chi connectivity index (χ0) is 18.7. The van der Waals surface area contributed by atoms with Gasteiger partial charge in [0.2, 0.25) is 13.0 Å². The van der Waals surface area contributed by atoms with Crippen LogP contribution in [0, 0.1) is 5.41 Å². The zero-order valence-electron chi connectivity index (χ0n) is 14.0. The molecule has 1 amide bonds. The van der Waals surface area contributed by atoms with E-state index in [0.717, 1.165) is 0 Å². The Balaban J connectivity index is 2.12. The number of hydrogen-bond donors (Lipinski definition) is 0. The SMILES string of the molecule is CC(C)(C)C(=O)OCOC(=O)[C@@H]1N2C(=O)[C@@H](F)[C@H]2S(=O)(=O)C1(C)C. The molecule has 0 aromatic carbocycles. The molecule has 2 saturated heterocycles. The lowest BCUT2D eigenvalue weighted by atomic mass is 9.97. The number of halogens is 1. The number of β-lactam (4-membered cyclic amide) rings is 1. The van der Waals surface area contributed by atoms with Crippen LogP contribution in [0.15, 0.2) is 0 Å². The maximum Gasteiger partial charge on any atom is 0.333 e. The van der Waals surface area contributed by atoms with Crippen molar-refractivity contribution >= 4 is 27.7 Å². The Bertz CT molecular complexity index is 694. The lowest BCUT2D eigenvalue weighted by Crippen LogP contribution is -2.65. The van der Waals surface area contributed by atoms with E-state index in [4.69, 9.17) is 9.47 Å². The van der Waals surface area contributed by atoms with Gasteiger partial charge < -0.3 is 14.4 Å². The summed E-state index contributed by atoms with van der Waals surface area (Å²) in [6.45, 7) is 6.56. The van der Waals surface area contributed by atoms with Crippen LogP contribution in [0.1, 0.15) is 34.6 Å². The summed E-state index contributed by atoms with van der Waals surface area (Å²) in [7, 11) is -4.09. The van der Waals surface area contributed by atoms with Gasteiger partial charge in [-0.15, -0.1) is 0 Å². The average molecular weight is 365 g/mol. The third-order valence-corrected chi connectivity index (χ3v) is 7.02. The number of ether oxygens (including phenoxy) is 2. The summed E-state index contributed by atoms with van der Waals surface area (Å²) >= 11 is 0. The van der Waals surface area contributed by atoms with E-state index in [2.05, 4.69) is 0 Å². The molecule has 0 N–H and O–H groups in total. The summed E-state index contributed by atoms with van der Waals surface area (Å²) in [6.07, 6.45) is -2.18. The fourth-order valence-corrected chi connectivity index (χ4v) is 4.76. The Morgan fingerprint density at radius 1 is 1.25 bits per heavy atom. The molecule has 0 aromatic rings. The Hall–Kier alpha value is -1.71. The van der Waals surface area contributed by atoms with Crippen molar-refractivity contribution in [3.05, 3.63) is 0 Å². The fraction of sp³-hybridized carbons (Fsp3) is 0.786. The van der Waals surface area contributed by atoms with Gasteiger partial charge in [0.25, 0.3) is 5.91 Å². The number of carbonyl (C=O) groups excluding carboxylic acids is 3. The fourth-order valence-electron chi connectivity index (χ4n) is 2.67. The summed E-state index contributed by atoms with van der Waals surface area (Å²) in [4.78, 5) is 36.2. The molecule has 0 radical (unpaired) electrons. The van der Waals surface area contributed by atoms with E-state index >= 15 is 0 Å². The summed E-state index contributed by atoms with van der Waals surface area (Å²) in [5, 5.41) is -1.67. The van der Waals surface area contributed by atoms with Crippen molar-refractivity contribution in [2.45, 2.75) is 57.0 Å². The highest BCUT2D eigenvalue weighted by molar-refractivity contribution is 7.94. The highest BCUT2D eigenvalue weighted by atomic mass is 32.2. The van der Waals surface area contributed by atoms with Gasteiger partial charge in [-0.2, -0.15) is 0 Å². The Morgan fingerprint density at radius 3 is 2.29 bits per heavy atom. The van der Waals surface area contributed by atoms with Crippen LogP contribution in [-0.4, -0.2) is 60.3 Å². The minimum absolute atomic E-state index is 0.615. The highest BCUT2D eigenvalue weighted by Gasteiger charge is 2.73. The second kappa shape index (κ2) is 5.40. The van der Waals surface area contributed by atoms with Crippen molar-refractivity contribution in [2.24, 2.45) is 5.41 Å². The number of alkyl halides is 1. The smallest absolute Gasteiger partial charge is 0.333 e. The molecule has 0 saturated carbocycles. The predicted octanol–water partition coefficient (Wildman–Crippen LogP) is 0.158. The maximum absolute atomic E-state index is 13.6. The monoisotopic (exact) mass is 365 g/mol. The molecule has 0 spiro atoms. The molecule has 2 aliphatic heterocycles. The molecule has 8 nitrogen and oxygen atoms in total. The van der Waals surface area contributed by atoms with Gasteiger partial charge in [-0.25, -0.2) is 17.6 Å². The van der Waals surface area contributed by atoms with Gasteiger partial charge in [-0.3, -0.25) is 9.59 Å². The first kappa shape index (κ1) is 18.6. The van der Waals surface area contributed by atoms with E-state index in [9.17, 15) is 27.2 Å². The van der Waals surface area contributed by atoms with Crippen LogP contribution in [-0.2, 0) is 33.7 Å². The van der Waals surface area contributed by atoms with Gasteiger partial charge in [0, 0.05) is 0 Å². The highest BCUT2D eigenvalue weighted by Crippen LogP contribution is 2.47. The molecule has 0 aliphatic carbocycles. The topological polar surface area (TPSA) is 107 Å². The summed E-state index contributed by atoms with van der Waals surface area (Å²) in [5.74, 6) is -2.74. The number of sulfone groups is 1. The predicted molar refractivity (Wildman–Crippen MR) is 78.8 cm³/mol. The van der Waals surface area contributed by atoms with Crippen LogP contribution < -0.4 is 0 Å². The standard InChI is InChI=1S/C14H20FNO7S/c1-13(2,3)12(19)23-6-22-11(18)8-14(4,5)24(20,21)10-7(15)9(17)16(8)10/h7-8,10H,6H2,1-5H3/t7-,8+,10-/m1/s1. The Morgan fingerprint density at radius 2 is 1.79 bits per heavy atom. The minimum atomic E-state index is -4.09. The second-order valence-electron chi connectivity index (χ2n) is 7.35. The van der Waals surface area contributed by atoms with Crippen LogP contribution in [0.5, 0.6) is 0 Å². The summed E-state index contributed by atoms with van der Waals surface area (Å²) in [5.41, 5.74) is -0.803. The van der Waals surface area contributed by atoms with Crippen LogP contribution in [0.2, 0.25) is 0 Å². The van der Waals surface area contributed by atoms with Gasteiger partial charge in [0.05, 0.1) is 5.41 Å². The van der Waals surface area contributed by atoms with E-state index in [0.29, 0.717) is 4.90 Å². The first-order chi connectivity index (χ1) is 10.7. The molecule has 136 valence electrons. The van der Waals surface area contributed by atoms with Crippen molar-refractivity contribution < 1.29 is 36.7 Å². The lowest BCUT2D eigenvalue weighted by molar-refractivity contribution is -0.181. The van der Waals surface area contributed by atoms with E-state index in [1.165, 1.54) is 13.8 Å². The first-order valence-corrected chi connectivity index (χ1v) is 8.83. The van der Waals surface area contributed by atoms with Crippen LogP contribution in [0.3, 0.4) is 0 Å². The minimum Gasteiger partial charge on any atom is -0.427 e. The summed E-state index contributed by atoms with van der Waals surface area (Å²) < 4.78 is 46.2. The molecular formula is C14H20FNO7S. The molecule has 24 heavy (non-hydrogen) atoms. The molecule has 2 aliphatic rings. The van der Waals surface area contributed by atoms with Gasteiger partial charge >= 0.3 is 11.9 Å². The van der Waals surface area contributed by atoms with Crippen LogP contribution in [0.4, 0.5) is 4.39 Å². The third-order valence-electron chi connectivity index (χ3n) is 4.23. The molecule has 3 atom stereocenters. The van der Waals surface area contributed by atoms with Crippen molar-refractivity contribution in [3.8, 4) is 0 Å². The van der Waals surface area contributed by atoms with Gasteiger partial charge in [0.1, 0.15) is 4.75 Å². The van der Waals surface area contributed by atoms with Crippen molar-refractivity contribution in [1.29, 1.82) is 0 Å². The molecule has 0 bridgehead atoms. The molecular weight excluding hydrogens is 345 g/mol.